The van der Waals surface area contributed by atoms with Crippen LogP contribution in [-0.4, -0.2) is 27.1 Å². The second kappa shape index (κ2) is 7.10. The normalized spacial score (nSPS) is 10.8. The van der Waals surface area contributed by atoms with Gasteiger partial charge in [0.05, 0.1) is 0 Å². The molecule has 0 amide bonds. The Morgan fingerprint density at radius 1 is 0.800 bits per heavy atom. The first-order valence-corrected chi connectivity index (χ1v) is 9.82. The van der Waals surface area contributed by atoms with Gasteiger partial charge in [0.2, 0.25) is 0 Å². The predicted molar refractivity (Wildman–Crippen MR) is 105 cm³/mol. The molecule has 0 saturated heterocycles. The predicted octanol–water partition coefficient (Wildman–Crippen LogP) is 3.57. The topological polar surface area (TPSA) is 22.1 Å². The quantitative estimate of drug-likeness (QED) is 0.497. The van der Waals surface area contributed by atoms with Gasteiger partial charge in [-0.1, -0.05) is 0 Å². The summed E-state index contributed by atoms with van der Waals surface area (Å²) in [6.07, 6.45) is 1.96. The average molecular weight is 390 g/mol. The van der Waals surface area contributed by atoms with Crippen LogP contribution in [0, 0.1) is 0 Å². The number of ether oxygens (including phenoxy) is 1. The molecule has 4 rings (SSSR count). The van der Waals surface area contributed by atoms with Gasteiger partial charge in [0.25, 0.3) is 0 Å². The Morgan fingerprint density at radius 2 is 1.52 bits per heavy atom. The van der Waals surface area contributed by atoms with E-state index in [0.29, 0.717) is 0 Å². The molecule has 2 nitrogen and oxygen atoms in total. The summed E-state index contributed by atoms with van der Waals surface area (Å²) < 4.78 is 8.21. The summed E-state index contributed by atoms with van der Waals surface area (Å²) in [7, 11) is 1.71. The number of para-hydroxylation sites is 1. The van der Waals surface area contributed by atoms with Gasteiger partial charge in [0.15, 0.2) is 0 Å². The zero-order chi connectivity index (χ0) is 17.1. The number of hydrogen-bond donors (Lipinski definition) is 0. The van der Waals surface area contributed by atoms with Crippen molar-refractivity contribution >= 4 is 34.7 Å². The summed E-state index contributed by atoms with van der Waals surface area (Å²) in [5.41, 5.74) is 2.06. The molecule has 0 atom stereocenters. The maximum atomic E-state index is 5.58. The summed E-state index contributed by atoms with van der Waals surface area (Å²) in [5.74, 6) is 0.857. The van der Waals surface area contributed by atoms with E-state index in [-0.39, 0.29) is 15.0 Å². The molecule has 3 aromatic carbocycles. The summed E-state index contributed by atoms with van der Waals surface area (Å²) in [4.78, 5) is 4.82. The molecule has 3 heteroatoms. The van der Waals surface area contributed by atoms with Crippen LogP contribution in [-0.2, 0) is 0 Å². The van der Waals surface area contributed by atoms with Gasteiger partial charge in [-0.15, -0.1) is 0 Å². The van der Waals surface area contributed by atoms with Gasteiger partial charge in [-0.05, 0) is 0 Å². The monoisotopic (exact) mass is 391 g/mol. The maximum absolute atomic E-state index is 5.58. The minimum atomic E-state index is 0.158. The van der Waals surface area contributed by atoms with Crippen molar-refractivity contribution in [2.75, 3.05) is 7.11 Å². The van der Waals surface area contributed by atoms with Crippen LogP contribution in [0.3, 0.4) is 0 Å². The minimum absolute atomic E-state index is 0.158. The zero-order valence-corrected chi connectivity index (χ0v) is 15.6. The van der Waals surface area contributed by atoms with Crippen molar-refractivity contribution in [3.63, 3.8) is 0 Å². The van der Waals surface area contributed by atoms with Gasteiger partial charge in [0, 0.05) is 0 Å². The Labute approximate surface area is 153 Å². The van der Waals surface area contributed by atoms with E-state index in [0.717, 1.165) is 17.0 Å². The van der Waals surface area contributed by atoms with Crippen molar-refractivity contribution in [1.82, 2.24) is 4.98 Å². The molecule has 1 heterocycles. The second-order valence-corrected chi connectivity index (χ2v) is 7.91. The molecule has 0 aliphatic heterocycles. The Morgan fingerprint density at radius 3 is 2.36 bits per heavy atom. The molecule has 0 N–H and O–H groups in total. The standard InChI is InChI=1S/C22H17NOSe/c1-24-20-14-8-7-13-19(20)21-22(25-17-10-3-2-4-11-17)18-12-6-5-9-16(18)15-23-21/h2-15H,1H3. The zero-order valence-electron chi connectivity index (χ0n) is 13.8. The van der Waals surface area contributed by atoms with E-state index in [1.165, 1.54) is 19.7 Å². The SMILES string of the molecule is COc1ccccc1-c1ncc2ccccc2c1[Se]c1ccccc1. The molecule has 0 aliphatic carbocycles. The van der Waals surface area contributed by atoms with Crippen LogP contribution in [0.15, 0.2) is 85.1 Å². The van der Waals surface area contributed by atoms with Crippen LogP contribution in [0.2, 0.25) is 0 Å². The van der Waals surface area contributed by atoms with Gasteiger partial charge in [0.1, 0.15) is 0 Å². The summed E-state index contributed by atoms with van der Waals surface area (Å²) in [6, 6.07) is 27.2. The van der Waals surface area contributed by atoms with E-state index in [1.807, 2.05) is 24.4 Å². The molecule has 0 spiro atoms. The molecule has 4 aromatic rings. The summed E-state index contributed by atoms with van der Waals surface area (Å²) >= 11 is 0.158. The van der Waals surface area contributed by atoms with Crippen molar-refractivity contribution < 1.29 is 4.74 Å². The molecule has 0 unspecified atom stereocenters. The molecular weight excluding hydrogens is 373 g/mol. The number of pyridine rings is 1. The molecule has 0 aliphatic rings. The van der Waals surface area contributed by atoms with Crippen LogP contribution in [0.1, 0.15) is 0 Å². The molecule has 0 saturated carbocycles. The molecular formula is C22H17NOSe. The van der Waals surface area contributed by atoms with Gasteiger partial charge in [-0.2, -0.15) is 0 Å². The van der Waals surface area contributed by atoms with Crippen LogP contribution < -0.4 is 13.7 Å². The second-order valence-electron chi connectivity index (χ2n) is 5.64. The third-order valence-electron chi connectivity index (χ3n) is 4.08. The number of fused-ring (bicyclic) bond motifs is 1. The van der Waals surface area contributed by atoms with Crippen LogP contribution in [0.25, 0.3) is 22.0 Å². The van der Waals surface area contributed by atoms with Crippen LogP contribution in [0.5, 0.6) is 5.75 Å². The number of benzene rings is 3. The van der Waals surface area contributed by atoms with E-state index >= 15 is 0 Å². The molecule has 25 heavy (non-hydrogen) atoms. The van der Waals surface area contributed by atoms with Gasteiger partial charge < -0.3 is 0 Å². The molecule has 1 aromatic heterocycles. The first kappa shape index (κ1) is 15.9. The third kappa shape index (κ3) is 3.17. The number of nitrogens with zero attached hydrogens (tertiary/aromatic N) is 1. The van der Waals surface area contributed by atoms with Gasteiger partial charge >= 0.3 is 154 Å². The van der Waals surface area contributed by atoms with Gasteiger partial charge in [-0.3, -0.25) is 0 Å². The van der Waals surface area contributed by atoms with E-state index in [9.17, 15) is 0 Å². The van der Waals surface area contributed by atoms with E-state index in [2.05, 4.69) is 60.7 Å². The van der Waals surface area contributed by atoms with E-state index in [1.54, 1.807) is 7.11 Å². The van der Waals surface area contributed by atoms with Crippen LogP contribution in [0.4, 0.5) is 0 Å². The Kier molecular flexibility index (Phi) is 4.51. The fraction of sp³-hybridized carbons (Fsp3) is 0.0455. The molecule has 0 radical (unpaired) electrons. The number of aromatic nitrogens is 1. The van der Waals surface area contributed by atoms with Crippen molar-refractivity contribution in [3.05, 3.63) is 85.1 Å². The van der Waals surface area contributed by atoms with Crippen molar-refractivity contribution in [1.29, 1.82) is 0 Å². The number of hydrogen-bond acceptors (Lipinski definition) is 2. The number of methoxy groups -OCH3 is 1. The van der Waals surface area contributed by atoms with Crippen LogP contribution >= 0.6 is 0 Å². The summed E-state index contributed by atoms with van der Waals surface area (Å²) in [6.45, 7) is 0. The van der Waals surface area contributed by atoms with Crippen molar-refractivity contribution in [2.24, 2.45) is 0 Å². The first-order valence-electron chi connectivity index (χ1n) is 8.11. The van der Waals surface area contributed by atoms with Crippen molar-refractivity contribution in [3.8, 4) is 17.0 Å². The van der Waals surface area contributed by atoms with Crippen molar-refractivity contribution in [2.45, 2.75) is 0 Å². The van der Waals surface area contributed by atoms with E-state index < -0.39 is 0 Å². The molecule has 122 valence electrons. The third-order valence-corrected chi connectivity index (χ3v) is 6.44. The number of rotatable bonds is 4. The molecule has 0 fully saturated rings. The Bertz CT molecular complexity index is 1010. The fourth-order valence-electron chi connectivity index (χ4n) is 2.88. The Hall–Kier alpha value is -2.61. The average Bonchev–Trinajstić information content (AvgIpc) is 2.69. The summed E-state index contributed by atoms with van der Waals surface area (Å²) in [5, 5.41) is 2.44. The first-order chi connectivity index (χ1) is 12.4. The van der Waals surface area contributed by atoms with Gasteiger partial charge in [-0.25, -0.2) is 0 Å². The fourth-order valence-corrected chi connectivity index (χ4v) is 5.15. The van der Waals surface area contributed by atoms with E-state index in [4.69, 9.17) is 9.72 Å². The molecule has 0 bridgehead atoms. The Balaban J connectivity index is 1.96.